The number of oxime groups is 1. The molecule has 0 heterocycles. The van der Waals surface area contributed by atoms with E-state index in [1.165, 1.54) is 14.1 Å². The number of amidine groups is 1. The molecule has 0 saturated heterocycles. The lowest BCUT2D eigenvalue weighted by Crippen LogP contribution is -2.48. The lowest BCUT2D eigenvalue weighted by Gasteiger charge is -2.19. The third-order valence-electron chi connectivity index (χ3n) is 1.82. The van der Waals surface area contributed by atoms with Crippen LogP contribution in [0.5, 0.6) is 0 Å². The Morgan fingerprint density at radius 3 is 2.47 bits per heavy atom. The van der Waals surface area contributed by atoms with E-state index in [1.54, 1.807) is 0 Å². The van der Waals surface area contributed by atoms with Crippen molar-refractivity contribution in [3.8, 4) is 0 Å². The molecule has 0 amide bonds. The Morgan fingerprint density at radius 2 is 2.13 bits per heavy atom. The van der Waals surface area contributed by atoms with E-state index in [-0.39, 0.29) is 5.84 Å². The van der Waals surface area contributed by atoms with Crippen LogP contribution in [0.2, 0.25) is 0 Å². The predicted molar refractivity (Wildman–Crippen MR) is 57.8 cm³/mol. The first-order valence-corrected chi connectivity index (χ1v) is 5.96. The van der Waals surface area contributed by atoms with Gasteiger partial charge in [0.2, 0.25) is 0 Å². The minimum Gasteiger partial charge on any atom is -0.409 e. The predicted octanol–water partition coefficient (Wildman–Crippen LogP) is -0.702. The summed E-state index contributed by atoms with van der Waals surface area (Å²) in [4.78, 5) is 0. The average molecular weight is 238 g/mol. The van der Waals surface area contributed by atoms with Gasteiger partial charge in [0, 0.05) is 14.1 Å². The number of hydrogen-bond donors (Lipinski definition) is 3. The van der Waals surface area contributed by atoms with Crippen molar-refractivity contribution in [2.75, 3.05) is 14.1 Å². The van der Waals surface area contributed by atoms with Crippen LogP contribution in [-0.2, 0) is 10.2 Å². The molecule has 0 spiro atoms. The summed E-state index contributed by atoms with van der Waals surface area (Å²) in [5.74, 6) is -0.137. The summed E-state index contributed by atoms with van der Waals surface area (Å²) in [5.41, 5.74) is 5.37. The van der Waals surface area contributed by atoms with E-state index in [0.29, 0.717) is 6.42 Å². The Bertz CT molecular complexity index is 312. The van der Waals surface area contributed by atoms with Crippen molar-refractivity contribution < 1.29 is 13.6 Å². The van der Waals surface area contributed by atoms with Crippen LogP contribution in [0.4, 0.5) is 0 Å². The Balaban J connectivity index is 4.70. The summed E-state index contributed by atoms with van der Waals surface area (Å²) in [5, 5.41) is 11.3. The van der Waals surface area contributed by atoms with E-state index in [1.807, 2.05) is 6.92 Å². The van der Waals surface area contributed by atoms with E-state index < -0.39 is 16.3 Å². The van der Waals surface area contributed by atoms with Crippen molar-refractivity contribution in [1.29, 1.82) is 0 Å². The van der Waals surface area contributed by atoms with E-state index in [9.17, 15) is 8.42 Å². The molecule has 90 valence electrons. The topological polar surface area (TPSA) is 108 Å². The maximum atomic E-state index is 11.5. The Kier molecular flexibility index (Phi) is 5.55. The molecule has 0 aliphatic rings. The van der Waals surface area contributed by atoms with E-state index in [2.05, 4.69) is 9.88 Å². The molecule has 0 radical (unpaired) electrons. The highest BCUT2D eigenvalue weighted by Crippen LogP contribution is 2.00. The van der Waals surface area contributed by atoms with Gasteiger partial charge in [-0.1, -0.05) is 18.5 Å². The SMILES string of the molecule is CCCC(NS(=O)(=O)N(C)C)/C(N)=N/O. The number of hydrogen-bond acceptors (Lipinski definition) is 4. The lowest BCUT2D eigenvalue weighted by atomic mass is 10.2. The fraction of sp³-hybridized carbons (Fsp3) is 0.857. The van der Waals surface area contributed by atoms with E-state index in [0.717, 1.165) is 10.7 Å². The van der Waals surface area contributed by atoms with Crippen molar-refractivity contribution in [1.82, 2.24) is 9.03 Å². The highest BCUT2D eigenvalue weighted by atomic mass is 32.2. The summed E-state index contributed by atoms with van der Waals surface area (Å²) in [7, 11) is -0.763. The quantitative estimate of drug-likeness (QED) is 0.246. The molecule has 4 N–H and O–H groups in total. The molecule has 15 heavy (non-hydrogen) atoms. The highest BCUT2D eigenvalue weighted by Gasteiger charge is 2.22. The summed E-state index contributed by atoms with van der Waals surface area (Å²) in [6.45, 7) is 1.88. The zero-order chi connectivity index (χ0) is 12.1. The van der Waals surface area contributed by atoms with Gasteiger partial charge in [-0.25, -0.2) is 0 Å². The van der Waals surface area contributed by atoms with Crippen LogP contribution >= 0.6 is 0 Å². The van der Waals surface area contributed by atoms with Gasteiger partial charge in [-0.2, -0.15) is 17.4 Å². The second-order valence-corrected chi connectivity index (χ2v) is 5.19. The molecular formula is C7H18N4O3S. The van der Waals surface area contributed by atoms with Gasteiger partial charge in [-0.15, -0.1) is 0 Å². The van der Waals surface area contributed by atoms with Crippen LogP contribution in [-0.4, -0.2) is 43.9 Å². The van der Waals surface area contributed by atoms with E-state index in [4.69, 9.17) is 10.9 Å². The van der Waals surface area contributed by atoms with Crippen molar-refractivity contribution in [2.45, 2.75) is 25.8 Å². The first-order chi connectivity index (χ1) is 6.85. The third-order valence-corrected chi connectivity index (χ3v) is 3.37. The van der Waals surface area contributed by atoms with Crippen molar-refractivity contribution in [2.24, 2.45) is 10.9 Å². The second-order valence-electron chi connectivity index (χ2n) is 3.27. The molecule has 0 aliphatic heterocycles. The normalized spacial score (nSPS) is 15.6. The molecule has 7 nitrogen and oxygen atoms in total. The second kappa shape index (κ2) is 5.89. The summed E-state index contributed by atoms with van der Waals surface area (Å²) < 4.78 is 26.3. The Labute approximate surface area is 90.1 Å². The highest BCUT2D eigenvalue weighted by molar-refractivity contribution is 7.87. The number of nitrogens with two attached hydrogens (primary N) is 1. The molecular weight excluding hydrogens is 220 g/mol. The fourth-order valence-corrected chi connectivity index (χ4v) is 1.72. The van der Waals surface area contributed by atoms with Gasteiger partial charge < -0.3 is 10.9 Å². The summed E-state index contributed by atoms with van der Waals surface area (Å²) in [6, 6.07) is -0.674. The van der Waals surface area contributed by atoms with Gasteiger partial charge in [0.15, 0.2) is 5.84 Å². The smallest absolute Gasteiger partial charge is 0.279 e. The van der Waals surface area contributed by atoms with E-state index >= 15 is 0 Å². The number of rotatable bonds is 6. The van der Waals surface area contributed by atoms with Gasteiger partial charge in [-0.3, -0.25) is 0 Å². The molecule has 1 unspecified atom stereocenters. The van der Waals surface area contributed by atoms with Gasteiger partial charge in [0.1, 0.15) is 0 Å². The Morgan fingerprint density at radius 1 is 1.60 bits per heavy atom. The zero-order valence-electron chi connectivity index (χ0n) is 9.14. The first-order valence-electron chi connectivity index (χ1n) is 4.52. The minimum atomic E-state index is -3.56. The first kappa shape index (κ1) is 14.1. The third kappa shape index (κ3) is 4.45. The maximum absolute atomic E-state index is 11.5. The van der Waals surface area contributed by atoms with Crippen LogP contribution in [0.3, 0.4) is 0 Å². The molecule has 0 rings (SSSR count). The molecule has 1 atom stereocenters. The van der Waals surface area contributed by atoms with Gasteiger partial charge in [0.25, 0.3) is 10.2 Å². The molecule has 0 bridgehead atoms. The van der Waals surface area contributed by atoms with Gasteiger partial charge >= 0.3 is 0 Å². The molecule has 0 aromatic rings. The monoisotopic (exact) mass is 238 g/mol. The summed E-state index contributed by atoms with van der Waals surface area (Å²) in [6.07, 6.45) is 1.19. The summed E-state index contributed by atoms with van der Waals surface area (Å²) >= 11 is 0. The zero-order valence-corrected chi connectivity index (χ0v) is 9.95. The minimum absolute atomic E-state index is 0.137. The van der Waals surface area contributed by atoms with Crippen LogP contribution in [0.1, 0.15) is 19.8 Å². The van der Waals surface area contributed by atoms with Gasteiger partial charge in [-0.05, 0) is 6.42 Å². The van der Waals surface area contributed by atoms with Crippen LogP contribution in [0.25, 0.3) is 0 Å². The number of nitrogens with zero attached hydrogens (tertiary/aromatic N) is 2. The number of nitrogens with one attached hydrogen (secondary N) is 1. The molecule has 8 heteroatoms. The van der Waals surface area contributed by atoms with Crippen LogP contribution in [0.15, 0.2) is 5.16 Å². The maximum Gasteiger partial charge on any atom is 0.279 e. The molecule has 0 aromatic carbocycles. The van der Waals surface area contributed by atoms with Crippen LogP contribution in [0, 0.1) is 0 Å². The van der Waals surface area contributed by atoms with Crippen molar-refractivity contribution >= 4 is 16.0 Å². The standard InChI is InChI=1S/C7H18N4O3S/c1-4-5-6(7(8)9-12)10-15(13,14)11(2)3/h6,10,12H,4-5H2,1-3H3,(H2,8,9). The molecule has 0 aliphatic carbocycles. The van der Waals surface area contributed by atoms with Crippen molar-refractivity contribution in [3.05, 3.63) is 0 Å². The fourth-order valence-electron chi connectivity index (χ4n) is 0.911. The molecule has 0 saturated carbocycles. The lowest BCUT2D eigenvalue weighted by molar-refractivity contribution is 0.315. The molecule has 0 aromatic heterocycles. The van der Waals surface area contributed by atoms with Crippen molar-refractivity contribution in [3.63, 3.8) is 0 Å². The molecule has 0 fully saturated rings. The van der Waals surface area contributed by atoms with Gasteiger partial charge in [0.05, 0.1) is 6.04 Å². The van der Waals surface area contributed by atoms with Crippen LogP contribution < -0.4 is 10.5 Å². The average Bonchev–Trinajstić information content (AvgIpc) is 2.15. The largest absolute Gasteiger partial charge is 0.409 e. The Hall–Kier alpha value is -0.860.